The molecule has 0 radical (unpaired) electrons. The van der Waals surface area contributed by atoms with E-state index < -0.39 is 16.1 Å². The molecule has 0 spiro atoms. The second-order valence-electron chi connectivity index (χ2n) is 5.28. The van der Waals surface area contributed by atoms with Gasteiger partial charge in [0.1, 0.15) is 5.75 Å². The maximum absolute atomic E-state index is 12.4. The highest BCUT2D eigenvalue weighted by Gasteiger charge is 2.35. The highest BCUT2D eigenvalue weighted by molar-refractivity contribution is 8.18. The predicted octanol–water partition coefficient (Wildman–Crippen LogP) is 3.54. The molecule has 1 fully saturated rings. The van der Waals surface area contributed by atoms with Crippen molar-refractivity contribution in [1.82, 2.24) is 4.90 Å². The number of hydrogen-bond acceptors (Lipinski definition) is 6. The lowest BCUT2D eigenvalue weighted by atomic mass is 10.2. The van der Waals surface area contributed by atoms with Gasteiger partial charge in [0.05, 0.1) is 16.4 Å². The van der Waals surface area contributed by atoms with Crippen LogP contribution in [0.3, 0.4) is 0 Å². The van der Waals surface area contributed by atoms with Gasteiger partial charge in [-0.25, -0.2) is 0 Å². The predicted molar refractivity (Wildman–Crippen MR) is 92.7 cm³/mol. The fourth-order valence-electron chi connectivity index (χ4n) is 2.26. The summed E-state index contributed by atoms with van der Waals surface area (Å²) in [7, 11) is 0. The molecule has 1 heterocycles. The number of phenolic OH excluding ortho intramolecular Hbond substituents is 1. The molecule has 2 aromatic carbocycles. The summed E-state index contributed by atoms with van der Waals surface area (Å²) < 4.78 is 0. The average molecular weight is 356 g/mol. The molecule has 2 aromatic rings. The summed E-state index contributed by atoms with van der Waals surface area (Å²) in [6, 6.07) is 12.0. The summed E-state index contributed by atoms with van der Waals surface area (Å²) in [6.07, 6.45) is 1.58. The highest BCUT2D eigenvalue weighted by atomic mass is 32.2. The molecule has 126 valence electrons. The van der Waals surface area contributed by atoms with E-state index in [1.807, 2.05) is 0 Å². The molecule has 0 saturated carbocycles. The zero-order valence-corrected chi connectivity index (χ0v) is 13.6. The van der Waals surface area contributed by atoms with E-state index in [2.05, 4.69) is 0 Å². The Balaban J connectivity index is 1.77. The van der Waals surface area contributed by atoms with Gasteiger partial charge in [0.25, 0.3) is 16.8 Å². The maximum Gasteiger partial charge on any atom is 0.293 e. The number of imide groups is 1. The van der Waals surface area contributed by atoms with E-state index in [-0.39, 0.29) is 22.9 Å². The summed E-state index contributed by atoms with van der Waals surface area (Å²) in [5.74, 6) is -0.301. The van der Waals surface area contributed by atoms with E-state index in [9.17, 15) is 24.8 Å². The number of carbonyl (C=O) groups excluding carboxylic acids is 2. The third-order valence-corrected chi connectivity index (χ3v) is 4.46. The van der Waals surface area contributed by atoms with Crippen molar-refractivity contribution >= 4 is 34.7 Å². The molecule has 1 N–H and O–H groups in total. The second kappa shape index (κ2) is 6.78. The molecule has 8 heteroatoms. The minimum atomic E-state index is -0.510. The highest BCUT2D eigenvalue weighted by Crippen LogP contribution is 2.33. The Kier molecular flexibility index (Phi) is 4.53. The quantitative estimate of drug-likeness (QED) is 0.511. The van der Waals surface area contributed by atoms with Crippen molar-refractivity contribution in [3.63, 3.8) is 0 Å². The first kappa shape index (κ1) is 16.7. The smallest absolute Gasteiger partial charge is 0.293 e. The number of phenols is 1. The topological polar surface area (TPSA) is 101 Å². The van der Waals surface area contributed by atoms with Crippen molar-refractivity contribution in [1.29, 1.82) is 0 Å². The Labute approximate surface area is 146 Å². The van der Waals surface area contributed by atoms with Gasteiger partial charge >= 0.3 is 0 Å². The van der Waals surface area contributed by atoms with Crippen LogP contribution in [0.15, 0.2) is 53.4 Å². The third kappa shape index (κ3) is 3.69. The Morgan fingerprint density at radius 3 is 2.32 bits per heavy atom. The lowest BCUT2D eigenvalue weighted by Crippen LogP contribution is -2.27. The zero-order valence-electron chi connectivity index (χ0n) is 12.8. The van der Waals surface area contributed by atoms with Crippen LogP contribution < -0.4 is 0 Å². The summed E-state index contributed by atoms with van der Waals surface area (Å²) >= 11 is 0.836. The molecular weight excluding hydrogens is 344 g/mol. The number of benzene rings is 2. The number of nitro benzene ring substituents is 1. The number of non-ortho nitro benzene ring substituents is 1. The van der Waals surface area contributed by atoms with Crippen LogP contribution in [-0.4, -0.2) is 26.1 Å². The summed E-state index contributed by atoms with van der Waals surface area (Å²) in [6.45, 7) is 0.0512. The molecule has 1 aliphatic heterocycles. The van der Waals surface area contributed by atoms with E-state index >= 15 is 0 Å². The van der Waals surface area contributed by atoms with Crippen LogP contribution in [0, 0.1) is 10.1 Å². The van der Waals surface area contributed by atoms with Crippen molar-refractivity contribution in [3.8, 4) is 5.75 Å². The van der Waals surface area contributed by atoms with Gasteiger partial charge in [0.15, 0.2) is 0 Å². The van der Waals surface area contributed by atoms with E-state index in [4.69, 9.17) is 0 Å². The minimum absolute atomic E-state index is 0.0508. The first-order chi connectivity index (χ1) is 11.9. The van der Waals surface area contributed by atoms with Gasteiger partial charge in [-0.3, -0.25) is 24.6 Å². The third-order valence-electron chi connectivity index (χ3n) is 3.55. The Hall–Kier alpha value is -3.13. The van der Waals surface area contributed by atoms with E-state index in [0.717, 1.165) is 16.7 Å². The number of aromatic hydroxyl groups is 1. The Bertz CT molecular complexity index is 875. The summed E-state index contributed by atoms with van der Waals surface area (Å²) in [5.41, 5.74) is 1.27. The van der Waals surface area contributed by atoms with E-state index in [1.54, 1.807) is 18.2 Å². The van der Waals surface area contributed by atoms with Crippen LogP contribution in [0.25, 0.3) is 6.08 Å². The molecule has 3 rings (SSSR count). The van der Waals surface area contributed by atoms with E-state index in [1.165, 1.54) is 36.4 Å². The number of carbonyl (C=O) groups is 2. The first-order valence-electron chi connectivity index (χ1n) is 7.22. The number of hydrogen-bond donors (Lipinski definition) is 1. The van der Waals surface area contributed by atoms with Gasteiger partial charge in [-0.15, -0.1) is 0 Å². The molecule has 25 heavy (non-hydrogen) atoms. The minimum Gasteiger partial charge on any atom is -0.508 e. The van der Waals surface area contributed by atoms with Crippen LogP contribution in [0.4, 0.5) is 10.5 Å². The molecule has 7 nitrogen and oxygen atoms in total. The van der Waals surface area contributed by atoms with Crippen LogP contribution in [0.2, 0.25) is 0 Å². The normalized spacial score (nSPS) is 15.8. The number of amides is 2. The molecule has 0 unspecified atom stereocenters. The average Bonchev–Trinajstić information content (AvgIpc) is 2.85. The van der Waals surface area contributed by atoms with Crippen LogP contribution in [0.5, 0.6) is 5.75 Å². The SMILES string of the molecule is O=C1S/C(=C\c2ccc(O)cc2)C(=O)N1Cc1ccc([N+](=O)[O-])cc1. The molecular formula is C17H12N2O5S. The zero-order chi connectivity index (χ0) is 18.0. The molecule has 1 saturated heterocycles. The fourth-order valence-corrected chi connectivity index (χ4v) is 3.10. The molecule has 0 aromatic heterocycles. The van der Waals surface area contributed by atoms with Gasteiger partial charge in [-0.05, 0) is 41.1 Å². The standard InChI is InChI=1S/C17H12N2O5S/c20-14-7-3-11(4-8-14)9-15-16(21)18(17(22)25-15)10-12-1-5-13(6-2-12)19(23)24/h1-9,20H,10H2/b15-9-. The Morgan fingerprint density at radius 2 is 1.72 bits per heavy atom. The van der Waals surface area contributed by atoms with Crippen molar-refractivity contribution in [3.05, 3.63) is 74.7 Å². The molecule has 0 atom stereocenters. The van der Waals surface area contributed by atoms with Crippen LogP contribution in [-0.2, 0) is 11.3 Å². The summed E-state index contributed by atoms with van der Waals surface area (Å²) in [4.78, 5) is 36.1. The van der Waals surface area contributed by atoms with Gasteiger partial charge in [-0.1, -0.05) is 24.3 Å². The number of nitro groups is 1. The van der Waals surface area contributed by atoms with Crippen molar-refractivity contribution < 1.29 is 19.6 Å². The van der Waals surface area contributed by atoms with Crippen molar-refractivity contribution in [2.45, 2.75) is 6.54 Å². The first-order valence-corrected chi connectivity index (χ1v) is 8.03. The van der Waals surface area contributed by atoms with Gasteiger partial charge in [0.2, 0.25) is 0 Å². The fraction of sp³-hybridized carbons (Fsp3) is 0.0588. The lowest BCUT2D eigenvalue weighted by molar-refractivity contribution is -0.384. The molecule has 0 bridgehead atoms. The van der Waals surface area contributed by atoms with Crippen LogP contribution >= 0.6 is 11.8 Å². The summed E-state index contributed by atoms with van der Waals surface area (Å²) in [5, 5.41) is 19.5. The van der Waals surface area contributed by atoms with Gasteiger partial charge in [0, 0.05) is 12.1 Å². The molecule has 0 aliphatic carbocycles. The monoisotopic (exact) mass is 356 g/mol. The van der Waals surface area contributed by atoms with E-state index in [0.29, 0.717) is 11.1 Å². The largest absolute Gasteiger partial charge is 0.508 e. The van der Waals surface area contributed by atoms with Crippen molar-refractivity contribution in [2.24, 2.45) is 0 Å². The second-order valence-corrected chi connectivity index (χ2v) is 6.28. The number of nitrogens with zero attached hydrogens (tertiary/aromatic N) is 2. The van der Waals surface area contributed by atoms with Gasteiger partial charge in [-0.2, -0.15) is 0 Å². The number of rotatable bonds is 4. The lowest BCUT2D eigenvalue weighted by Gasteiger charge is -2.12. The number of thioether (sulfide) groups is 1. The van der Waals surface area contributed by atoms with Gasteiger partial charge < -0.3 is 5.11 Å². The molecule has 1 aliphatic rings. The molecule has 2 amide bonds. The van der Waals surface area contributed by atoms with Crippen LogP contribution in [0.1, 0.15) is 11.1 Å². The maximum atomic E-state index is 12.4. The van der Waals surface area contributed by atoms with Crippen molar-refractivity contribution in [2.75, 3.05) is 0 Å². The Morgan fingerprint density at radius 1 is 1.08 bits per heavy atom.